The lowest BCUT2D eigenvalue weighted by Crippen LogP contribution is -2.33. The Morgan fingerprint density at radius 2 is 2.29 bits per heavy atom. The third-order valence-electron chi connectivity index (χ3n) is 2.49. The number of halogens is 2. The van der Waals surface area contributed by atoms with E-state index in [9.17, 15) is 4.79 Å². The van der Waals surface area contributed by atoms with Crippen LogP contribution in [0.1, 0.15) is 23.7 Å². The number of rotatable bonds is 5. The molecule has 1 aromatic heterocycles. The van der Waals surface area contributed by atoms with Gasteiger partial charge in [0, 0.05) is 6.04 Å². The molecule has 1 atom stereocenters. The molecule has 0 spiro atoms. The van der Waals surface area contributed by atoms with Crippen molar-refractivity contribution in [2.24, 2.45) is 0 Å². The van der Waals surface area contributed by atoms with Gasteiger partial charge < -0.3 is 0 Å². The predicted octanol–water partition coefficient (Wildman–Crippen LogP) is 3.47. The van der Waals surface area contributed by atoms with Crippen LogP contribution < -0.4 is 0 Å². The van der Waals surface area contributed by atoms with E-state index in [1.165, 1.54) is 11.3 Å². The fourth-order valence-electron chi connectivity index (χ4n) is 1.29. The van der Waals surface area contributed by atoms with Gasteiger partial charge in [0.05, 0.1) is 28.9 Å². The number of nitrogens with zero attached hydrogens (tertiary/aromatic N) is 2. The van der Waals surface area contributed by atoms with Crippen molar-refractivity contribution in [2.75, 3.05) is 13.6 Å². The molecule has 0 saturated heterocycles. The predicted molar refractivity (Wildman–Crippen MR) is 71.0 cm³/mol. The van der Waals surface area contributed by atoms with Gasteiger partial charge in [-0.1, -0.05) is 23.2 Å². The van der Waals surface area contributed by atoms with Crippen LogP contribution >= 0.6 is 34.5 Å². The standard InChI is InChI=1S/C11H12Cl2N2OS/c1-7(3-4-14)15(2)6-9(16)8-5-10(12)17-11(8)13/h5,7H,3,6H2,1-2H3. The van der Waals surface area contributed by atoms with Gasteiger partial charge in [-0.3, -0.25) is 9.69 Å². The Morgan fingerprint density at radius 1 is 1.65 bits per heavy atom. The van der Waals surface area contributed by atoms with Gasteiger partial charge in [-0.15, -0.1) is 11.3 Å². The van der Waals surface area contributed by atoms with Crippen molar-refractivity contribution in [1.82, 2.24) is 4.90 Å². The Labute approximate surface area is 115 Å². The average Bonchev–Trinajstić information content (AvgIpc) is 2.58. The summed E-state index contributed by atoms with van der Waals surface area (Å²) in [6.07, 6.45) is 0.391. The van der Waals surface area contributed by atoms with Crippen molar-refractivity contribution in [2.45, 2.75) is 19.4 Å². The second kappa shape index (κ2) is 6.36. The largest absolute Gasteiger partial charge is 0.295 e. The summed E-state index contributed by atoms with van der Waals surface area (Å²) in [4.78, 5) is 13.8. The summed E-state index contributed by atoms with van der Waals surface area (Å²) in [5.74, 6) is -0.0783. The number of hydrogen-bond acceptors (Lipinski definition) is 4. The molecule has 0 aliphatic carbocycles. The molecule has 1 rings (SSSR count). The van der Waals surface area contributed by atoms with Crippen LogP contribution in [0, 0.1) is 11.3 Å². The van der Waals surface area contributed by atoms with E-state index in [0.717, 1.165) is 0 Å². The topological polar surface area (TPSA) is 44.1 Å². The first-order valence-corrected chi connectivity index (χ1v) is 6.58. The summed E-state index contributed by atoms with van der Waals surface area (Å²) >= 11 is 12.9. The Hall–Kier alpha value is -0.600. The van der Waals surface area contributed by atoms with Gasteiger partial charge in [-0.05, 0) is 20.0 Å². The van der Waals surface area contributed by atoms with Crippen LogP contribution in [0.15, 0.2) is 6.07 Å². The summed E-state index contributed by atoms with van der Waals surface area (Å²) in [6, 6.07) is 3.70. The summed E-state index contributed by atoms with van der Waals surface area (Å²) in [6.45, 7) is 2.13. The van der Waals surface area contributed by atoms with Crippen LogP contribution in [-0.2, 0) is 0 Å². The van der Waals surface area contributed by atoms with Crippen molar-refractivity contribution in [3.63, 3.8) is 0 Å². The maximum Gasteiger partial charge on any atom is 0.179 e. The lowest BCUT2D eigenvalue weighted by molar-refractivity contribution is 0.0926. The molecule has 1 unspecified atom stereocenters. The molecule has 92 valence electrons. The zero-order valence-electron chi connectivity index (χ0n) is 9.54. The lowest BCUT2D eigenvalue weighted by Gasteiger charge is -2.21. The van der Waals surface area contributed by atoms with E-state index in [2.05, 4.69) is 6.07 Å². The molecule has 0 N–H and O–H groups in total. The van der Waals surface area contributed by atoms with E-state index in [0.29, 0.717) is 20.7 Å². The Balaban J connectivity index is 2.67. The number of thiophene rings is 1. The maximum absolute atomic E-state index is 11.9. The lowest BCUT2D eigenvalue weighted by atomic mass is 10.1. The number of hydrogen-bond donors (Lipinski definition) is 0. The minimum atomic E-state index is -0.0783. The Kier molecular flexibility index (Phi) is 5.41. The van der Waals surface area contributed by atoms with Gasteiger partial charge in [0.25, 0.3) is 0 Å². The van der Waals surface area contributed by atoms with Gasteiger partial charge in [0.15, 0.2) is 5.78 Å². The smallest absolute Gasteiger partial charge is 0.179 e. The molecular weight excluding hydrogens is 279 g/mol. The van der Waals surface area contributed by atoms with Crippen molar-refractivity contribution in [1.29, 1.82) is 5.26 Å². The minimum Gasteiger partial charge on any atom is -0.295 e. The first-order chi connectivity index (χ1) is 7.95. The number of carbonyl (C=O) groups excluding carboxylic acids is 1. The Morgan fingerprint density at radius 3 is 2.76 bits per heavy atom. The molecule has 0 saturated carbocycles. The van der Waals surface area contributed by atoms with Crippen LogP contribution in [0.4, 0.5) is 0 Å². The zero-order chi connectivity index (χ0) is 13.0. The highest BCUT2D eigenvalue weighted by atomic mass is 35.5. The SMILES string of the molecule is CC(CC#N)N(C)CC(=O)c1cc(Cl)sc1Cl. The third-order valence-corrected chi connectivity index (χ3v) is 3.98. The van der Waals surface area contributed by atoms with E-state index in [-0.39, 0.29) is 18.4 Å². The molecule has 1 heterocycles. The van der Waals surface area contributed by atoms with Crippen molar-refractivity contribution in [3.8, 4) is 6.07 Å². The van der Waals surface area contributed by atoms with Gasteiger partial charge in [-0.25, -0.2) is 0 Å². The molecular formula is C11H12Cl2N2OS. The van der Waals surface area contributed by atoms with E-state index >= 15 is 0 Å². The molecule has 0 radical (unpaired) electrons. The minimum absolute atomic E-state index is 0.0387. The van der Waals surface area contributed by atoms with E-state index in [1.54, 1.807) is 6.07 Å². The number of ketones is 1. The molecule has 0 aliphatic rings. The number of nitriles is 1. The average molecular weight is 291 g/mol. The van der Waals surface area contributed by atoms with Crippen molar-refractivity contribution < 1.29 is 4.79 Å². The molecule has 0 bridgehead atoms. The third kappa shape index (κ3) is 3.97. The summed E-state index contributed by atoms with van der Waals surface area (Å²) in [7, 11) is 1.81. The van der Waals surface area contributed by atoms with Crippen LogP contribution in [0.2, 0.25) is 8.67 Å². The van der Waals surface area contributed by atoms with Crippen molar-refractivity contribution >= 4 is 40.3 Å². The summed E-state index contributed by atoms with van der Waals surface area (Å²) in [5.41, 5.74) is 0.456. The maximum atomic E-state index is 11.9. The zero-order valence-corrected chi connectivity index (χ0v) is 11.9. The van der Waals surface area contributed by atoms with E-state index in [1.807, 2.05) is 18.9 Å². The molecule has 0 fully saturated rings. The highest BCUT2D eigenvalue weighted by Crippen LogP contribution is 2.31. The summed E-state index contributed by atoms with van der Waals surface area (Å²) < 4.78 is 0.924. The second-order valence-electron chi connectivity index (χ2n) is 3.79. The van der Waals surface area contributed by atoms with Gasteiger partial charge in [0.2, 0.25) is 0 Å². The molecule has 0 amide bonds. The molecule has 6 heteroatoms. The number of carbonyl (C=O) groups is 1. The van der Waals surface area contributed by atoms with E-state index < -0.39 is 0 Å². The van der Waals surface area contributed by atoms with Crippen LogP contribution in [-0.4, -0.2) is 30.3 Å². The highest BCUT2D eigenvalue weighted by molar-refractivity contribution is 7.20. The molecule has 1 aromatic rings. The second-order valence-corrected chi connectivity index (χ2v) is 6.07. The van der Waals surface area contributed by atoms with Crippen LogP contribution in [0.5, 0.6) is 0 Å². The normalized spacial score (nSPS) is 12.5. The quantitative estimate of drug-likeness (QED) is 0.780. The monoisotopic (exact) mass is 290 g/mol. The molecule has 3 nitrogen and oxygen atoms in total. The first kappa shape index (κ1) is 14.5. The number of likely N-dealkylation sites (N-methyl/N-ethyl adjacent to an activating group) is 1. The van der Waals surface area contributed by atoms with Crippen LogP contribution in [0.3, 0.4) is 0 Å². The van der Waals surface area contributed by atoms with E-state index in [4.69, 9.17) is 28.5 Å². The fraction of sp³-hybridized carbons (Fsp3) is 0.455. The van der Waals surface area contributed by atoms with Gasteiger partial charge in [-0.2, -0.15) is 5.26 Å². The Bertz CT molecular complexity index is 453. The highest BCUT2D eigenvalue weighted by Gasteiger charge is 2.18. The van der Waals surface area contributed by atoms with Crippen molar-refractivity contribution in [3.05, 3.63) is 20.3 Å². The first-order valence-electron chi connectivity index (χ1n) is 5.01. The van der Waals surface area contributed by atoms with Gasteiger partial charge >= 0.3 is 0 Å². The van der Waals surface area contributed by atoms with Crippen LogP contribution in [0.25, 0.3) is 0 Å². The number of Topliss-reactive ketones (excluding diaryl/α,β-unsaturated/α-hetero) is 1. The molecule has 0 aromatic carbocycles. The molecule has 0 aliphatic heterocycles. The fourth-order valence-corrected chi connectivity index (χ4v) is 2.78. The summed E-state index contributed by atoms with van der Waals surface area (Å²) in [5, 5.41) is 8.59. The van der Waals surface area contributed by atoms with Gasteiger partial charge in [0.1, 0.15) is 4.34 Å². The molecule has 17 heavy (non-hydrogen) atoms.